The minimum absolute atomic E-state index is 0.102. The summed E-state index contributed by atoms with van der Waals surface area (Å²) in [6.45, 7) is 4.09. The van der Waals surface area contributed by atoms with Crippen LogP contribution in [0.3, 0.4) is 0 Å². The highest BCUT2D eigenvalue weighted by Crippen LogP contribution is 2.59. The summed E-state index contributed by atoms with van der Waals surface area (Å²) in [5.41, 5.74) is 0.102. The Morgan fingerprint density at radius 2 is 2.00 bits per heavy atom. The molecule has 2 atom stereocenters. The van der Waals surface area contributed by atoms with Crippen molar-refractivity contribution in [2.24, 2.45) is 17.3 Å². The van der Waals surface area contributed by atoms with E-state index in [2.05, 4.69) is 12.1 Å². The third kappa shape index (κ3) is 0.772. The molecule has 1 rings (SSSR count). The molecule has 0 bridgehead atoms. The first-order valence-electron chi connectivity index (χ1n) is 3.41. The maximum absolute atomic E-state index is 8.58. The molecule has 0 N–H and O–H groups in total. The van der Waals surface area contributed by atoms with Gasteiger partial charge in [0.25, 0.3) is 0 Å². The Bertz CT molecular complexity index is 216. The van der Waals surface area contributed by atoms with E-state index in [-0.39, 0.29) is 11.3 Å². The maximum atomic E-state index is 8.58. The van der Waals surface area contributed by atoms with Crippen LogP contribution in [0, 0.1) is 39.9 Å². The number of hydrogen-bond acceptors (Lipinski definition) is 2. The fourth-order valence-electron chi connectivity index (χ4n) is 1.48. The minimum Gasteiger partial charge on any atom is -0.198 e. The van der Waals surface area contributed by atoms with E-state index in [1.807, 2.05) is 13.8 Å². The Kier molecular flexibility index (Phi) is 1.41. The number of hydrogen-bond donors (Lipinski definition) is 0. The van der Waals surface area contributed by atoms with E-state index in [0.717, 1.165) is 0 Å². The van der Waals surface area contributed by atoms with E-state index in [1.165, 1.54) is 0 Å². The molecule has 0 aliphatic heterocycles. The quantitative estimate of drug-likeness (QED) is 0.548. The molecule has 0 aromatic rings. The Morgan fingerprint density at radius 1 is 1.40 bits per heavy atom. The van der Waals surface area contributed by atoms with Crippen molar-refractivity contribution in [3.8, 4) is 12.1 Å². The average molecular weight is 134 g/mol. The van der Waals surface area contributed by atoms with E-state index in [0.29, 0.717) is 12.3 Å². The fraction of sp³-hybridized carbons (Fsp3) is 0.750. The molecule has 0 saturated heterocycles. The molecule has 1 saturated carbocycles. The summed E-state index contributed by atoms with van der Waals surface area (Å²) < 4.78 is 0. The van der Waals surface area contributed by atoms with Gasteiger partial charge in [-0.25, -0.2) is 0 Å². The lowest BCUT2D eigenvalue weighted by Crippen LogP contribution is -1.88. The normalized spacial score (nSPS) is 34.0. The minimum atomic E-state index is 0.102. The third-order valence-corrected chi connectivity index (χ3v) is 2.50. The van der Waals surface area contributed by atoms with Crippen LogP contribution in [-0.2, 0) is 0 Å². The summed E-state index contributed by atoms with van der Waals surface area (Å²) in [5, 5.41) is 16.9. The SMILES string of the molecule is CC1(C)[C@H](C#N)[C@H]1CC#N. The molecule has 0 aromatic heterocycles. The second kappa shape index (κ2) is 1.99. The highest BCUT2D eigenvalue weighted by molar-refractivity contribution is 5.16. The lowest BCUT2D eigenvalue weighted by Gasteiger charge is -1.94. The van der Waals surface area contributed by atoms with Crippen molar-refractivity contribution < 1.29 is 0 Å². The maximum Gasteiger partial charge on any atom is 0.0665 e. The second-order valence-corrected chi connectivity index (χ2v) is 3.40. The Morgan fingerprint density at radius 3 is 2.30 bits per heavy atom. The molecule has 2 nitrogen and oxygen atoms in total. The fourth-order valence-corrected chi connectivity index (χ4v) is 1.48. The van der Waals surface area contributed by atoms with Gasteiger partial charge in [0.1, 0.15) is 0 Å². The van der Waals surface area contributed by atoms with Crippen LogP contribution in [0.1, 0.15) is 20.3 Å². The molecule has 0 radical (unpaired) electrons. The van der Waals surface area contributed by atoms with Crippen molar-refractivity contribution >= 4 is 0 Å². The smallest absolute Gasteiger partial charge is 0.0665 e. The van der Waals surface area contributed by atoms with Crippen molar-refractivity contribution in [1.82, 2.24) is 0 Å². The third-order valence-electron chi connectivity index (χ3n) is 2.50. The van der Waals surface area contributed by atoms with Crippen molar-refractivity contribution in [3.05, 3.63) is 0 Å². The molecular weight excluding hydrogens is 124 g/mol. The van der Waals surface area contributed by atoms with Crippen LogP contribution < -0.4 is 0 Å². The number of nitrogens with zero attached hydrogens (tertiary/aromatic N) is 2. The highest BCUT2D eigenvalue weighted by Gasteiger charge is 2.57. The Hall–Kier alpha value is -1.02. The van der Waals surface area contributed by atoms with Crippen LogP contribution in [0.4, 0.5) is 0 Å². The summed E-state index contributed by atoms with van der Waals surface area (Å²) in [4.78, 5) is 0. The first-order valence-corrected chi connectivity index (χ1v) is 3.41. The predicted molar refractivity (Wildman–Crippen MR) is 36.6 cm³/mol. The summed E-state index contributed by atoms with van der Waals surface area (Å²) >= 11 is 0. The van der Waals surface area contributed by atoms with Gasteiger partial charge in [0, 0.05) is 6.42 Å². The molecule has 0 aromatic carbocycles. The summed E-state index contributed by atoms with van der Waals surface area (Å²) in [5.74, 6) is 0.439. The standard InChI is InChI=1S/C8H10N2/c1-8(2)6(3-4-9)7(8)5-10/h6-7H,3H2,1-2H3/t6-,7-/m1/s1. The lowest BCUT2D eigenvalue weighted by atomic mass is 10.1. The molecule has 1 fully saturated rings. The Balaban J connectivity index is 2.57. The van der Waals surface area contributed by atoms with Crippen LogP contribution in [0.2, 0.25) is 0 Å². The zero-order valence-electron chi connectivity index (χ0n) is 6.26. The van der Waals surface area contributed by atoms with Gasteiger partial charge in [-0.05, 0) is 11.3 Å². The van der Waals surface area contributed by atoms with Gasteiger partial charge in [0.2, 0.25) is 0 Å². The first-order chi connectivity index (χ1) is 4.64. The molecule has 2 heteroatoms. The Labute approximate surface area is 61.1 Å². The van der Waals surface area contributed by atoms with E-state index in [4.69, 9.17) is 10.5 Å². The zero-order valence-corrected chi connectivity index (χ0v) is 6.26. The van der Waals surface area contributed by atoms with Crippen LogP contribution >= 0.6 is 0 Å². The summed E-state index contributed by atoms with van der Waals surface area (Å²) in [6.07, 6.45) is 0.533. The van der Waals surface area contributed by atoms with E-state index >= 15 is 0 Å². The van der Waals surface area contributed by atoms with E-state index in [1.54, 1.807) is 0 Å². The molecule has 1 aliphatic carbocycles. The first kappa shape index (κ1) is 7.09. The molecule has 0 spiro atoms. The topological polar surface area (TPSA) is 47.6 Å². The molecule has 0 amide bonds. The summed E-state index contributed by atoms with van der Waals surface area (Å²) in [7, 11) is 0. The highest BCUT2D eigenvalue weighted by atomic mass is 14.6. The van der Waals surface area contributed by atoms with Gasteiger partial charge in [-0.1, -0.05) is 13.8 Å². The predicted octanol–water partition coefficient (Wildman–Crippen LogP) is 1.70. The molecule has 0 heterocycles. The van der Waals surface area contributed by atoms with E-state index in [9.17, 15) is 0 Å². The molecule has 52 valence electrons. The van der Waals surface area contributed by atoms with Crippen molar-refractivity contribution in [2.75, 3.05) is 0 Å². The van der Waals surface area contributed by atoms with Gasteiger partial charge in [0.15, 0.2) is 0 Å². The second-order valence-electron chi connectivity index (χ2n) is 3.40. The lowest BCUT2D eigenvalue weighted by molar-refractivity contribution is 0.557. The largest absolute Gasteiger partial charge is 0.198 e. The molecule has 10 heavy (non-hydrogen) atoms. The number of rotatable bonds is 1. The number of nitriles is 2. The van der Waals surface area contributed by atoms with Gasteiger partial charge < -0.3 is 0 Å². The monoisotopic (exact) mass is 134 g/mol. The van der Waals surface area contributed by atoms with Crippen LogP contribution in [0.5, 0.6) is 0 Å². The van der Waals surface area contributed by atoms with Crippen LogP contribution in [-0.4, -0.2) is 0 Å². The van der Waals surface area contributed by atoms with Crippen molar-refractivity contribution in [1.29, 1.82) is 10.5 Å². The van der Waals surface area contributed by atoms with Crippen molar-refractivity contribution in [3.63, 3.8) is 0 Å². The van der Waals surface area contributed by atoms with Crippen LogP contribution in [0.25, 0.3) is 0 Å². The molecule has 0 unspecified atom stereocenters. The van der Waals surface area contributed by atoms with Gasteiger partial charge in [-0.15, -0.1) is 0 Å². The van der Waals surface area contributed by atoms with Gasteiger partial charge in [-0.2, -0.15) is 10.5 Å². The van der Waals surface area contributed by atoms with Gasteiger partial charge in [-0.3, -0.25) is 0 Å². The molecule has 1 aliphatic rings. The van der Waals surface area contributed by atoms with Gasteiger partial charge in [0.05, 0.1) is 18.1 Å². The van der Waals surface area contributed by atoms with Gasteiger partial charge >= 0.3 is 0 Å². The van der Waals surface area contributed by atoms with Crippen molar-refractivity contribution in [2.45, 2.75) is 20.3 Å². The zero-order chi connectivity index (χ0) is 7.78. The average Bonchev–Trinajstić information content (AvgIpc) is 2.36. The van der Waals surface area contributed by atoms with E-state index < -0.39 is 0 Å². The van der Waals surface area contributed by atoms with Crippen LogP contribution in [0.15, 0.2) is 0 Å². The molecular formula is C8H10N2. The summed E-state index contributed by atoms with van der Waals surface area (Å²) in [6, 6.07) is 4.31.